The molecule has 0 aliphatic rings. The lowest BCUT2D eigenvalue weighted by Crippen LogP contribution is -2.46. The van der Waals surface area contributed by atoms with Gasteiger partial charge >= 0.3 is 0 Å². The number of sulfonamides is 1. The van der Waals surface area contributed by atoms with Gasteiger partial charge in [0, 0.05) is 0 Å². The molecule has 0 radical (unpaired) electrons. The maximum absolute atomic E-state index is 12.6. The second kappa shape index (κ2) is 8.75. The Morgan fingerprint density at radius 2 is 1.60 bits per heavy atom. The Morgan fingerprint density at radius 1 is 1.04 bits per heavy atom. The minimum atomic E-state index is -3.59. The Kier molecular flexibility index (Phi) is 6.69. The van der Waals surface area contributed by atoms with Gasteiger partial charge in [-0.3, -0.25) is 4.79 Å². The Balaban J connectivity index is 2.15. The third-order valence-electron chi connectivity index (χ3n) is 3.62. The van der Waals surface area contributed by atoms with Crippen LogP contribution in [-0.4, -0.2) is 38.3 Å². The average molecular weight is 362 g/mol. The summed E-state index contributed by atoms with van der Waals surface area (Å²) < 4.78 is 25.6. The molecule has 1 amide bonds. The highest BCUT2D eigenvalue weighted by Gasteiger charge is 2.25. The molecule has 0 heterocycles. The molecule has 0 aliphatic carbocycles. The van der Waals surface area contributed by atoms with Crippen LogP contribution in [0.5, 0.6) is 0 Å². The van der Waals surface area contributed by atoms with Crippen LogP contribution in [0.3, 0.4) is 0 Å². The molecule has 0 fully saturated rings. The lowest BCUT2D eigenvalue weighted by Gasteiger charge is -2.22. The van der Waals surface area contributed by atoms with E-state index in [1.807, 2.05) is 30.3 Å². The van der Waals surface area contributed by atoms with E-state index in [9.17, 15) is 18.3 Å². The van der Waals surface area contributed by atoms with Crippen molar-refractivity contribution in [2.75, 3.05) is 12.9 Å². The summed E-state index contributed by atoms with van der Waals surface area (Å²) in [6, 6.07) is 16.5. The van der Waals surface area contributed by atoms with Crippen LogP contribution < -0.4 is 10.0 Å². The van der Waals surface area contributed by atoms with Crippen molar-refractivity contribution in [1.29, 1.82) is 0 Å². The van der Waals surface area contributed by atoms with E-state index in [-0.39, 0.29) is 6.61 Å². The van der Waals surface area contributed by atoms with Crippen LogP contribution in [0.4, 0.5) is 0 Å². The fraction of sp³-hybridized carbons (Fsp3) is 0.278. The van der Waals surface area contributed by atoms with E-state index >= 15 is 0 Å². The van der Waals surface area contributed by atoms with Crippen LogP contribution in [0.2, 0.25) is 0 Å². The van der Waals surface area contributed by atoms with Gasteiger partial charge in [0.1, 0.15) is 6.04 Å². The first kappa shape index (κ1) is 19.1. The van der Waals surface area contributed by atoms with Gasteiger partial charge < -0.3 is 10.4 Å². The molecule has 2 aromatic carbocycles. The summed E-state index contributed by atoms with van der Waals surface area (Å²) in [6.45, 7) is -0.249. The zero-order valence-corrected chi connectivity index (χ0v) is 14.7. The highest BCUT2D eigenvalue weighted by Crippen LogP contribution is 2.14. The molecular formula is C18H22N2O4S. The van der Waals surface area contributed by atoms with Gasteiger partial charge in [-0.25, -0.2) is 8.42 Å². The molecule has 0 spiro atoms. The molecule has 0 unspecified atom stereocenters. The highest BCUT2D eigenvalue weighted by atomic mass is 32.2. The molecule has 6 nitrogen and oxygen atoms in total. The topological polar surface area (TPSA) is 95.5 Å². The molecule has 0 aliphatic heterocycles. The van der Waals surface area contributed by atoms with E-state index in [0.717, 1.165) is 11.8 Å². The number of hydrogen-bond donors (Lipinski definition) is 3. The second-order valence-electron chi connectivity index (χ2n) is 5.81. The molecule has 3 N–H and O–H groups in total. The van der Waals surface area contributed by atoms with E-state index in [1.54, 1.807) is 30.3 Å². The number of nitrogens with one attached hydrogen (secondary N) is 2. The molecule has 134 valence electrons. The maximum atomic E-state index is 12.6. The van der Waals surface area contributed by atoms with E-state index in [0.29, 0.717) is 12.0 Å². The minimum absolute atomic E-state index is 0.249. The Morgan fingerprint density at radius 3 is 2.12 bits per heavy atom. The first-order valence-electron chi connectivity index (χ1n) is 7.86. The van der Waals surface area contributed by atoms with Gasteiger partial charge in [-0.15, -0.1) is 0 Å². The molecule has 2 rings (SSSR count). The highest BCUT2D eigenvalue weighted by molar-refractivity contribution is 7.88. The van der Waals surface area contributed by atoms with Gasteiger partial charge in [-0.05, 0) is 17.5 Å². The Labute approximate surface area is 147 Å². The van der Waals surface area contributed by atoms with Crippen molar-refractivity contribution in [1.82, 2.24) is 10.0 Å². The van der Waals surface area contributed by atoms with Crippen molar-refractivity contribution in [3.05, 3.63) is 71.8 Å². The summed E-state index contributed by atoms with van der Waals surface area (Å²) in [4.78, 5) is 12.6. The Hall–Kier alpha value is -2.22. The zero-order valence-electron chi connectivity index (χ0n) is 13.9. The number of aliphatic hydroxyl groups excluding tert-OH is 1. The number of benzene rings is 2. The molecule has 2 atom stereocenters. The summed E-state index contributed by atoms with van der Waals surface area (Å²) in [5.41, 5.74) is 1.50. The van der Waals surface area contributed by atoms with Crippen molar-refractivity contribution in [2.45, 2.75) is 18.5 Å². The van der Waals surface area contributed by atoms with Crippen molar-refractivity contribution in [3.63, 3.8) is 0 Å². The number of aliphatic hydroxyl groups is 1. The molecule has 0 aromatic heterocycles. The van der Waals surface area contributed by atoms with Gasteiger partial charge in [0.2, 0.25) is 15.9 Å². The normalized spacial score (nSPS) is 13.8. The van der Waals surface area contributed by atoms with Crippen LogP contribution in [0.15, 0.2) is 60.7 Å². The molecule has 0 bridgehead atoms. The zero-order chi connectivity index (χ0) is 18.3. The predicted octanol–water partition coefficient (Wildman–Crippen LogP) is 0.997. The first-order chi connectivity index (χ1) is 11.9. The summed E-state index contributed by atoms with van der Waals surface area (Å²) >= 11 is 0. The smallest absolute Gasteiger partial charge is 0.243 e. The predicted molar refractivity (Wildman–Crippen MR) is 96.3 cm³/mol. The number of rotatable bonds is 8. The summed E-state index contributed by atoms with van der Waals surface area (Å²) in [7, 11) is -3.59. The fourth-order valence-electron chi connectivity index (χ4n) is 2.48. The molecule has 7 heteroatoms. The summed E-state index contributed by atoms with van der Waals surface area (Å²) in [5.74, 6) is -0.508. The van der Waals surface area contributed by atoms with Gasteiger partial charge in [-0.2, -0.15) is 4.72 Å². The van der Waals surface area contributed by atoms with Crippen LogP contribution in [0.25, 0.3) is 0 Å². The van der Waals surface area contributed by atoms with E-state index in [4.69, 9.17) is 0 Å². The summed E-state index contributed by atoms with van der Waals surface area (Å²) in [5, 5.41) is 12.3. The average Bonchev–Trinajstić information content (AvgIpc) is 2.60. The van der Waals surface area contributed by atoms with Crippen LogP contribution in [0.1, 0.15) is 17.2 Å². The lowest BCUT2D eigenvalue weighted by molar-refractivity contribution is -0.123. The fourth-order valence-corrected chi connectivity index (χ4v) is 3.15. The molecule has 0 saturated carbocycles. The lowest BCUT2D eigenvalue weighted by atomic mass is 10.0. The molecule has 25 heavy (non-hydrogen) atoms. The van der Waals surface area contributed by atoms with E-state index in [2.05, 4.69) is 10.0 Å². The number of carbonyl (C=O) groups is 1. The van der Waals surface area contributed by atoms with Crippen LogP contribution >= 0.6 is 0 Å². The maximum Gasteiger partial charge on any atom is 0.243 e. The quantitative estimate of drug-likeness (QED) is 0.653. The first-order valence-corrected chi connectivity index (χ1v) is 9.75. The number of amides is 1. The van der Waals surface area contributed by atoms with Crippen molar-refractivity contribution in [3.8, 4) is 0 Å². The van der Waals surface area contributed by atoms with E-state index in [1.165, 1.54) is 0 Å². The van der Waals surface area contributed by atoms with E-state index < -0.39 is 28.0 Å². The van der Waals surface area contributed by atoms with Crippen LogP contribution in [0, 0.1) is 0 Å². The molecule has 2 aromatic rings. The van der Waals surface area contributed by atoms with Gasteiger partial charge in [0.05, 0.1) is 18.9 Å². The summed E-state index contributed by atoms with van der Waals surface area (Å²) in [6.07, 6.45) is 1.45. The van der Waals surface area contributed by atoms with Crippen LogP contribution in [-0.2, 0) is 21.2 Å². The van der Waals surface area contributed by atoms with Crippen molar-refractivity contribution in [2.24, 2.45) is 0 Å². The Bertz CT molecular complexity index is 779. The number of hydrogen-bond acceptors (Lipinski definition) is 4. The van der Waals surface area contributed by atoms with Crippen molar-refractivity contribution >= 4 is 15.9 Å². The standard InChI is InChI=1S/C18H22N2O4S/c1-25(23,24)20-17(15-10-6-3-7-11-15)18(22)19-16(13-21)12-14-8-4-2-5-9-14/h2-11,16-17,20-21H,12-13H2,1H3,(H,19,22)/t16-,17+/m0/s1. The number of carbonyl (C=O) groups excluding carboxylic acids is 1. The van der Waals surface area contributed by atoms with Gasteiger partial charge in [0.25, 0.3) is 0 Å². The largest absolute Gasteiger partial charge is 0.394 e. The monoisotopic (exact) mass is 362 g/mol. The molecular weight excluding hydrogens is 340 g/mol. The van der Waals surface area contributed by atoms with Gasteiger partial charge in [-0.1, -0.05) is 60.7 Å². The second-order valence-corrected chi connectivity index (χ2v) is 7.59. The van der Waals surface area contributed by atoms with Gasteiger partial charge in [0.15, 0.2) is 0 Å². The molecule has 0 saturated heterocycles. The SMILES string of the molecule is CS(=O)(=O)N[C@@H](C(=O)N[C@H](CO)Cc1ccccc1)c1ccccc1. The third-order valence-corrected chi connectivity index (χ3v) is 4.28. The van der Waals surface area contributed by atoms with Crippen molar-refractivity contribution < 1.29 is 18.3 Å². The third kappa shape index (κ3) is 6.30. The minimum Gasteiger partial charge on any atom is -0.394 e.